The SMILES string of the molecule is COC(=O)c1cc(NCc2ccon2)cc(C)c1N. The van der Waals surface area contributed by atoms with E-state index in [1.807, 2.05) is 13.0 Å². The Labute approximate surface area is 110 Å². The fourth-order valence-corrected chi connectivity index (χ4v) is 1.70. The molecular weight excluding hydrogens is 246 g/mol. The van der Waals surface area contributed by atoms with E-state index in [1.54, 1.807) is 12.1 Å². The van der Waals surface area contributed by atoms with Gasteiger partial charge in [0, 0.05) is 17.4 Å². The van der Waals surface area contributed by atoms with Gasteiger partial charge in [0.15, 0.2) is 0 Å². The average Bonchev–Trinajstić information content (AvgIpc) is 2.92. The van der Waals surface area contributed by atoms with Gasteiger partial charge < -0.3 is 20.3 Å². The van der Waals surface area contributed by atoms with Crippen LogP contribution in [0.4, 0.5) is 11.4 Å². The van der Waals surface area contributed by atoms with E-state index in [4.69, 9.17) is 15.0 Å². The molecule has 0 amide bonds. The lowest BCUT2D eigenvalue weighted by molar-refractivity contribution is 0.0602. The highest BCUT2D eigenvalue weighted by Gasteiger charge is 2.13. The first-order valence-electron chi connectivity index (χ1n) is 5.73. The van der Waals surface area contributed by atoms with Gasteiger partial charge in [-0.2, -0.15) is 0 Å². The van der Waals surface area contributed by atoms with Gasteiger partial charge in [-0.1, -0.05) is 5.16 Å². The number of hydrogen-bond donors (Lipinski definition) is 2. The van der Waals surface area contributed by atoms with Crippen molar-refractivity contribution in [1.82, 2.24) is 5.16 Å². The van der Waals surface area contributed by atoms with Crippen molar-refractivity contribution in [3.05, 3.63) is 41.3 Å². The Hall–Kier alpha value is -2.50. The van der Waals surface area contributed by atoms with E-state index in [9.17, 15) is 4.79 Å². The molecule has 0 aliphatic rings. The maximum atomic E-state index is 11.6. The van der Waals surface area contributed by atoms with Gasteiger partial charge >= 0.3 is 5.97 Å². The number of esters is 1. The van der Waals surface area contributed by atoms with Gasteiger partial charge in [0.1, 0.15) is 12.0 Å². The summed E-state index contributed by atoms with van der Waals surface area (Å²) in [5, 5.41) is 6.94. The number of ether oxygens (including phenoxy) is 1. The van der Waals surface area contributed by atoms with Gasteiger partial charge in [0.2, 0.25) is 0 Å². The Morgan fingerprint density at radius 2 is 2.32 bits per heavy atom. The molecule has 0 spiro atoms. The molecule has 6 nitrogen and oxygen atoms in total. The number of aryl methyl sites for hydroxylation is 1. The Bertz CT molecular complexity index is 579. The summed E-state index contributed by atoms with van der Waals surface area (Å²) in [6.45, 7) is 2.34. The Morgan fingerprint density at radius 3 is 2.95 bits per heavy atom. The van der Waals surface area contributed by atoms with Crippen LogP contribution in [-0.2, 0) is 11.3 Å². The van der Waals surface area contributed by atoms with E-state index < -0.39 is 5.97 Å². The van der Waals surface area contributed by atoms with Gasteiger partial charge in [0.25, 0.3) is 0 Å². The van der Waals surface area contributed by atoms with Crippen molar-refractivity contribution in [3.63, 3.8) is 0 Å². The third-order valence-corrected chi connectivity index (χ3v) is 2.76. The van der Waals surface area contributed by atoms with E-state index >= 15 is 0 Å². The lowest BCUT2D eigenvalue weighted by atomic mass is 10.1. The monoisotopic (exact) mass is 261 g/mol. The van der Waals surface area contributed by atoms with Crippen LogP contribution < -0.4 is 11.1 Å². The lowest BCUT2D eigenvalue weighted by Crippen LogP contribution is -2.09. The standard InChI is InChI=1S/C13H15N3O3/c1-8-5-10(15-7-9-3-4-19-16-9)6-11(12(8)14)13(17)18-2/h3-6,15H,7,14H2,1-2H3. The zero-order valence-electron chi connectivity index (χ0n) is 10.8. The molecule has 1 aromatic heterocycles. The van der Waals surface area contributed by atoms with Gasteiger partial charge in [-0.3, -0.25) is 0 Å². The average molecular weight is 261 g/mol. The van der Waals surface area contributed by atoms with E-state index in [0.29, 0.717) is 17.8 Å². The molecule has 6 heteroatoms. The zero-order valence-corrected chi connectivity index (χ0v) is 10.8. The Kier molecular flexibility index (Phi) is 3.70. The predicted molar refractivity (Wildman–Crippen MR) is 70.8 cm³/mol. The number of nitrogens with zero attached hydrogens (tertiary/aromatic N) is 1. The zero-order chi connectivity index (χ0) is 13.8. The second-order valence-electron chi connectivity index (χ2n) is 4.09. The number of nitrogen functional groups attached to an aromatic ring is 1. The van der Waals surface area contributed by atoms with Crippen molar-refractivity contribution < 1.29 is 14.1 Å². The molecule has 1 heterocycles. The highest BCUT2D eigenvalue weighted by atomic mass is 16.5. The maximum absolute atomic E-state index is 11.6. The fourth-order valence-electron chi connectivity index (χ4n) is 1.70. The first-order chi connectivity index (χ1) is 9.11. The van der Waals surface area contributed by atoms with Crippen molar-refractivity contribution in [2.45, 2.75) is 13.5 Å². The number of carbonyl (C=O) groups is 1. The van der Waals surface area contributed by atoms with Crippen LogP contribution >= 0.6 is 0 Å². The van der Waals surface area contributed by atoms with Crippen LogP contribution in [0.2, 0.25) is 0 Å². The smallest absolute Gasteiger partial charge is 0.340 e. The van der Waals surface area contributed by atoms with Crippen LogP contribution in [0.15, 0.2) is 29.0 Å². The van der Waals surface area contributed by atoms with Crippen molar-refractivity contribution >= 4 is 17.3 Å². The number of carbonyl (C=O) groups excluding carboxylic acids is 1. The quantitative estimate of drug-likeness (QED) is 0.646. The molecular formula is C13H15N3O3. The van der Waals surface area contributed by atoms with Crippen molar-refractivity contribution in [1.29, 1.82) is 0 Å². The Morgan fingerprint density at radius 1 is 1.53 bits per heavy atom. The third-order valence-electron chi connectivity index (χ3n) is 2.76. The van der Waals surface area contributed by atoms with Crippen molar-refractivity contribution in [3.8, 4) is 0 Å². The van der Waals surface area contributed by atoms with E-state index in [1.165, 1.54) is 13.4 Å². The number of methoxy groups -OCH3 is 1. The molecule has 0 aliphatic carbocycles. The molecule has 0 saturated carbocycles. The molecule has 2 rings (SSSR count). The lowest BCUT2D eigenvalue weighted by Gasteiger charge is -2.11. The molecule has 0 bridgehead atoms. The highest BCUT2D eigenvalue weighted by molar-refractivity contribution is 5.97. The summed E-state index contributed by atoms with van der Waals surface area (Å²) < 4.78 is 9.44. The summed E-state index contributed by atoms with van der Waals surface area (Å²) >= 11 is 0. The topological polar surface area (TPSA) is 90.4 Å². The molecule has 0 fully saturated rings. The molecule has 1 aromatic carbocycles. The van der Waals surface area contributed by atoms with Gasteiger partial charge in [-0.05, 0) is 24.6 Å². The van der Waals surface area contributed by atoms with Crippen molar-refractivity contribution in [2.24, 2.45) is 0 Å². The number of nitrogens with one attached hydrogen (secondary N) is 1. The molecule has 0 aliphatic heterocycles. The summed E-state index contributed by atoms with van der Waals surface area (Å²) in [6.07, 6.45) is 1.51. The number of nitrogens with two attached hydrogens (primary N) is 1. The largest absolute Gasteiger partial charge is 0.465 e. The van der Waals surface area contributed by atoms with E-state index in [-0.39, 0.29) is 0 Å². The number of benzene rings is 1. The summed E-state index contributed by atoms with van der Waals surface area (Å²) in [6, 6.07) is 5.29. The summed E-state index contributed by atoms with van der Waals surface area (Å²) in [5.74, 6) is -0.453. The molecule has 3 N–H and O–H groups in total. The minimum Gasteiger partial charge on any atom is -0.465 e. The number of anilines is 2. The number of hydrogen-bond acceptors (Lipinski definition) is 6. The highest BCUT2D eigenvalue weighted by Crippen LogP contribution is 2.23. The fraction of sp³-hybridized carbons (Fsp3) is 0.231. The van der Waals surface area contributed by atoms with Gasteiger partial charge in [0.05, 0.1) is 19.2 Å². The van der Waals surface area contributed by atoms with Crippen LogP contribution in [0.1, 0.15) is 21.6 Å². The summed E-state index contributed by atoms with van der Waals surface area (Å²) in [4.78, 5) is 11.6. The second-order valence-corrected chi connectivity index (χ2v) is 4.09. The van der Waals surface area contributed by atoms with E-state index in [2.05, 4.69) is 10.5 Å². The third kappa shape index (κ3) is 2.85. The molecule has 0 unspecified atom stereocenters. The first-order valence-corrected chi connectivity index (χ1v) is 5.73. The number of rotatable bonds is 4. The predicted octanol–water partition coefficient (Wildman–Crippen LogP) is 1.96. The minimum absolute atomic E-state index is 0.352. The molecule has 0 saturated heterocycles. The second kappa shape index (κ2) is 5.43. The molecule has 2 aromatic rings. The minimum atomic E-state index is -0.453. The number of aromatic nitrogens is 1. The normalized spacial score (nSPS) is 10.2. The summed E-state index contributed by atoms with van der Waals surface area (Å²) in [5.41, 5.74) is 9.00. The molecule has 19 heavy (non-hydrogen) atoms. The molecule has 0 radical (unpaired) electrons. The Balaban J connectivity index is 2.21. The maximum Gasteiger partial charge on any atom is 0.340 e. The van der Waals surface area contributed by atoms with Gasteiger partial charge in [-0.25, -0.2) is 4.79 Å². The van der Waals surface area contributed by atoms with Crippen LogP contribution in [0.25, 0.3) is 0 Å². The van der Waals surface area contributed by atoms with Crippen LogP contribution in [0.3, 0.4) is 0 Å². The van der Waals surface area contributed by atoms with Crippen molar-refractivity contribution in [2.75, 3.05) is 18.2 Å². The molecule has 0 atom stereocenters. The van der Waals surface area contributed by atoms with Crippen LogP contribution in [-0.4, -0.2) is 18.2 Å². The van der Waals surface area contributed by atoms with Crippen LogP contribution in [0, 0.1) is 6.92 Å². The summed E-state index contributed by atoms with van der Waals surface area (Å²) in [7, 11) is 1.33. The molecule has 100 valence electrons. The van der Waals surface area contributed by atoms with Crippen LogP contribution in [0.5, 0.6) is 0 Å². The van der Waals surface area contributed by atoms with Gasteiger partial charge in [-0.15, -0.1) is 0 Å². The first kappa shape index (κ1) is 12.9. The van der Waals surface area contributed by atoms with E-state index in [0.717, 1.165) is 16.9 Å².